The van der Waals surface area contributed by atoms with E-state index in [-0.39, 0.29) is 40.2 Å². The van der Waals surface area contributed by atoms with Crippen molar-refractivity contribution in [2.75, 3.05) is 25.1 Å². The molecule has 2 aromatic rings. The van der Waals surface area contributed by atoms with Gasteiger partial charge in [-0.3, -0.25) is 20.0 Å². The second-order valence-corrected chi connectivity index (χ2v) is 24.3. The molecule has 12 nitrogen and oxygen atoms in total. The highest BCUT2D eigenvalue weighted by atomic mass is 28.4. The van der Waals surface area contributed by atoms with E-state index in [1.807, 2.05) is 0 Å². The average Bonchev–Trinajstić information content (AvgIpc) is 3.32. The topological polar surface area (TPSA) is 144 Å². The van der Waals surface area contributed by atoms with E-state index in [2.05, 4.69) is 78.0 Å². The molecule has 3 rings (SSSR count). The highest BCUT2D eigenvalue weighted by Gasteiger charge is 2.44. The molecule has 1 aromatic carbocycles. The van der Waals surface area contributed by atoms with Crippen molar-refractivity contribution in [3.8, 4) is 0 Å². The van der Waals surface area contributed by atoms with Crippen molar-refractivity contribution in [3.05, 3.63) is 62.7 Å². The quantitative estimate of drug-likeness (QED) is 0.146. The van der Waals surface area contributed by atoms with Crippen molar-refractivity contribution in [3.63, 3.8) is 0 Å². The molecule has 250 valence electrons. The van der Waals surface area contributed by atoms with Gasteiger partial charge in [0.2, 0.25) is 0 Å². The fraction of sp³-hybridized carbons (Fsp3) is 0.645. The van der Waals surface area contributed by atoms with E-state index in [1.165, 1.54) is 22.8 Å². The lowest BCUT2D eigenvalue weighted by atomic mass is 10.0. The van der Waals surface area contributed by atoms with Crippen LogP contribution in [0.2, 0.25) is 36.3 Å². The second-order valence-electron chi connectivity index (χ2n) is 14.7. The molecular formula is C31H50N4O8Si2. The summed E-state index contributed by atoms with van der Waals surface area (Å²) in [6, 6.07) is 7.55. The van der Waals surface area contributed by atoms with Crippen LogP contribution in [0.1, 0.15) is 59.8 Å². The number of ether oxygens (including phenoxy) is 2. The number of amides is 1. The first kappa shape index (κ1) is 36.6. The van der Waals surface area contributed by atoms with E-state index in [0.29, 0.717) is 26.1 Å². The molecule has 3 atom stereocenters. The zero-order valence-corrected chi connectivity index (χ0v) is 30.3. The Morgan fingerprint density at radius 3 is 2.13 bits per heavy atom. The molecule has 1 aliphatic heterocycles. The van der Waals surface area contributed by atoms with Gasteiger partial charge in [-0.25, -0.2) is 9.59 Å². The van der Waals surface area contributed by atoms with Crippen molar-refractivity contribution in [1.82, 2.24) is 9.55 Å². The van der Waals surface area contributed by atoms with E-state index < -0.39 is 39.6 Å². The maximum Gasteiger partial charge on any atom is 0.412 e. The summed E-state index contributed by atoms with van der Waals surface area (Å²) in [7, 11) is -4.04. The number of hydrogen-bond acceptors (Lipinski definition) is 9. The van der Waals surface area contributed by atoms with Gasteiger partial charge in [-0.2, -0.15) is 4.98 Å². The fourth-order valence-corrected chi connectivity index (χ4v) is 6.31. The summed E-state index contributed by atoms with van der Waals surface area (Å²) in [5.74, 6) is 0.0922. The first-order chi connectivity index (χ1) is 20.7. The number of hydrogen-bond donors (Lipinski definition) is 1. The summed E-state index contributed by atoms with van der Waals surface area (Å²) >= 11 is 0. The fourth-order valence-electron chi connectivity index (χ4n) is 4.24. The van der Waals surface area contributed by atoms with Crippen molar-refractivity contribution < 1.29 is 28.0 Å². The van der Waals surface area contributed by atoms with Gasteiger partial charge >= 0.3 is 11.8 Å². The minimum atomic E-state index is -2.03. The standard InChI is InChI=1S/C31H50N4O8Si2/c1-30(2,3)44(7,8)41-20-23-19-27(43-25(23)21-42-45(9,10)31(4,5)6)34-17-15-26(32-28(34)36)33-29(37)40-18-16-22-11-13-24(14-12-22)35(38)39/h11-15,17,23,25,27H,16,18-21H2,1-10H3,(H,32,33,36,37)/t23-,25-,27+/m1/s1. The molecule has 0 saturated carbocycles. The average molecular weight is 663 g/mol. The van der Waals surface area contributed by atoms with Gasteiger partial charge < -0.3 is 18.3 Å². The zero-order chi connectivity index (χ0) is 33.8. The van der Waals surface area contributed by atoms with E-state index in [4.69, 9.17) is 18.3 Å². The molecule has 0 aliphatic carbocycles. The number of carbonyl (C=O) groups excluding carboxylic acids is 1. The maximum absolute atomic E-state index is 13.1. The Labute approximate surface area is 268 Å². The van der Waals surface area contributed by atoms with E-state index in [1.54, 1.807) is 18.3 Å². The van der Waals surface area contributed by atoms with Gasteiger partial charge in [0.15, 0.2) is 16.6 Å². The SMILES string of the molecule is CC(C)(C)[Si](C)(C)OC[C@H]1C[C@@H](n2ccc(NC(=O)OCCc3ccc([N+](=O)[O-])cc3)nc2=O)O[C@@H]1CO[Si](C)(C)C(C)(C)C. The van der Waals surface area contributed by atoms with Crippen LogP contribution in [0, 0.1) is 16.0 Å². The minimum Gasteiger partial charge on any atom is -0.449 e. The van der Waals surface area contributed by atoms with Gasteiger partial charge in [0.25, 0.3) is 5.69 Å². The van der Waals surface area contributed by atoms with Crippen LogP contribution in [0.4, 0.5) is 16.3 Å². The zero-order valence-electron chi connectivity index (χ0n) is 28.3. The van der Waals surface area contributed by atoms with Crippen LogP contribution in [0.5, 0.6) is 0 Å². The Balaban J connectivity index is 1.64. The molecule has 0 spiro atoms. The molecule has 1 aliphatic rings. The van der Waals surface area contributed by atoms with Crippen LogP contribution in [-0.2, 0) is 24.7 Å². The summed E-state index contributed by atoms with van der Waals surface area (Å²) in [6.07, 6.45) is 0.955. The predicted molar refractivity (Wildman–Crippen MR) is 179 cm³/mol. The normalized spacial score (nSPS) is 19.4. The summed E-state index contributed by atoms with van der Waals surface area (Å²) in [4.78, 5) is 39.8. The lowest BCUT2D eigenvalue weighted by molar-refractivity contribution is -0.384. The van der Waals surface area contributed by atoms with E-state index in [0.717, 1.165) is 5.56 Å². The lowest BCUT2D eigenvalue weighted by Gasteiger charge is -2.38. The number of non-ortho nitro benzene ring substituents is 1. The van der Waals surface area contributed by atoms with E-state index >= 15 is 0 Å². The molecule has 1 fully saturated rings. The number of nitrogens with one attached hydrogen (secondary N) is 1. The van der Waals surface area contributed by atoms with Crippen LogP contribution in [0.3, 0.4) is 0 Å². The smallest absolute Gasteiger partial charge is 0.412 e. The molecule has 1 aromatic heterocycles. The summed E-state index contributed by atoms with van der Waals surface area (Å²) in [6.45, 7) is 23.1. The lowest BCUT2D eigenvalue weighted by Crippen LogP contribution is -2.45. The van der Waals surface area contributed by atoms with Crippen LogP contribution >= 0.6 is 0 Å². The number of nitro benzene ring substituents is 1. The van der Waals surface area contributed by atoms with Crippen LogP contribution in [0.25, 0.3) is 0 Å². The van der Waals surface area contributed by atoms with Crippen LogP contribution in [0.15, 0.2) is 41.3 Å². The Hall–Kier alpha value is -2.92. The molecule has 1 N–H and O–H groups in total. The number of anilines is 1. The Bertz CT molecular complexity index is 1350. The monoisotopic (exact) mass is 662 g/mol. The van der Waals surface area contributed by atoms with E-state index in [9.17, 15) is 19.7 Å². The molecule has 14 heteroatoms. The van der Waals surface area contributed by atoms with Crippen molar-refractivity contribution in [2.45, 2.75) is 103 Å². The van der Waals surface area contributed by atoms with Crippen LogP contribution < -0.4 is 11.0 Å². The molecule has 0 unspecified atom stereocenters. The maximum atomic E-state index is 13.1. The van der Waals surface area contributed by atoms with Gasteiger partial charge in [0, 0.05) is 43.7 Å². The molecule has 1 saturated heterocycles. The third kappa shape index (κ3) is 9.79. The Morgan fingerprint density at radius 2 is 1.60 bits per heavy atom. The predicted octanol–water partition coefficient (Wildman–Crippen LogP) is 6.89. The van der Waals surface area contributed by atoms with Gasteiger partial charge in [-0.15, -0.1) is 0 Å². The van der Waals surface area contributed by atoms with Crippen molar-refractivity contribution >= 4 is 34.2 Å². The third-order valence-electron chi connectivity index (χ3n) is 9.38. The van der Waals surface area contributed by atoms with Gasteiger partial charge in [0.1, 0.15) is 12.0 Å². The highest BCUT2D eigenvalue weighted by molar-refractivity contribution is 6.74. The largest absolute Gasteiger partial charge is 0.449 e. The molecule has 2 heterocycles. The Kier molecular flexibility index (Phi) is 11.6. The number of aromatic nitrogens is 2. The highest BCUT2D eigenvalue weighted by Crippen LogP contribution is 2.41. The minimum absolute atomic E-state index is 0.00813. The second kappa shape index (κ2) is 14.2. The molecular weight excluding hydrogens is 613 g/mol. The first-order valence-corrected chi connectivity index (χ1v) is 21.2. The number of benzene rings is 1. The molecule has 1 amide bonds. The molecule has 0 radical (unpaired) electrons. The van der Waals surface area contributed by atoms with Crippen LogP contribution in [-0.4, -0.2) is 63.1 Å². The number of nitrogens with zero attached hydrogens (tertiary/aromatic N) is 3. The number of rotatable bonds is 12. The van der Waals surface area contributed by atoms with Gasteiger partial charge in [-0.05, 0) is 47.9 Å². The van der Waals surface area contributed by atoms with Crippen molar-refractivity contribution in [1.29, 1.82) is 0 Å². The molecule has 0 bridgehead atoms. The summed E-state index contributed by atoms with van der Waals surface area (Å²) in [5, 5.41) is 13.4. The molecule has 45 heavy (non-hydrogen) atoms. The summed E-state index contributed by atoms with van der Waals surface area (Å²) < 4.78 is 26.2. The first-order valence-electron chi connectivity index (χ1n) is 15.4. The number of carbonyl (C=O) groups is 1. The summed E-state index contributed by atoms with van der Waals surface area (Å²) in [5.41, 5.74) is 0.219. The number of nitro groups is 1. The van der Waals surface area contributed by atoms with Gasteiger partial charge in [-0.1, -0.05) is 53.7 Å². The third-order valence-corrected chi connectivity index (χ3v) is 18.4. The Morgan fingerprint density at radius 1 is 1.02 bits per heavy atom. The van der Waals surface area contributed by atoms with Crippen molar-refractivity contribution in [2.24, 2.45) is 5.92 Å². The van der Waals surface area contributed by atoms with Gasteiger partial charge in [0.05, 0.1) is 24.2 Å².